The summed E-state index contributed by atoms with van der Waals surface area (Å²) in [6, 6.07) is 20.1. The van der Waals surface area contributed by atoms with Crippen LogP contribution < -0.4 is 29.1 Å². The third-order valence-electron chi connectivity index (χ3n) is 6.87. The second-order valence-corrected chi connectivity index (χ2v) is 12.2. The minimum absolute atomic E-state index is 0.121. The lowest BCUT2D eigenvalue weighted by atomic mass is 9.95. The number of carbonyl (C=O) groups is 1. The Bertz CT molecular complexity index is 1890. The average molecular weight is 678 g/mol. The topological polar surface area (TPSA) is 88.4 Å². The lowest BCUT2D eigenvalue weighted by Gasteiger charge is -2.26. The van der Waals surface area contributed by atoms with Gasteiger partial charge in [0.15, 0.2) is 16.3 Å². The molecule has 0 saturated carbocycles. The highest BCUT2D eigenvalue weighted by Gasteiger charge is 2.35. The van der Waals surface area contributed by atoms with Crippen LogP contribution >= 0.6 is 27.3 Å². The summed E-state index contributed by atoms with van der Waals surface area (Å²) in [6.07, 6.45) is 1.65. The minimum Gasteiger partial charge on any atom is -0.493 e. The number of hydrogen-bond donors (Lipinski definition) is 0. The van der Waals surface area contributed by atoms with E-state index in [9.17, 15) is 9.59 Å². The Hall–Kier alpha value is -4.15. The molecule has 4 aromatic rings. The van der Waals surface area contributed by atoms with E-state index in [0.29, 0.717) is 55.6 Å². The number of halogens is 1. The van der Waals surface area contributed by atoms with Gasteiger partial charge in [-0.05, 0) is 57.5 Å². The third-order valence-corrected chi connectivity index (χ3v) is 8.31. The Morgan fingerprint density at radius 3 is 2.52 bits per heavy atom. The maximum Gasteiger partial charge on any atom is 0.338 e. The van der Waals surface area contributed by atoms with Crippen LogP contribution in [0.3, 0.4) is 0 Å². The number of carbonyl (C=O) groups excluding carboxylic acids is 1. The first-order chi connectivity index (χ1) is 21.2. The Balaban J connectivity index is 1.70. The number of thiazole rings is 1. The van der Waals surface area contributed by atoms with E-state index in [1.165, 1.54) is 11.3 Å². The number of aromatic nitrogens is 1. The molecule has 2 heterocycles. The molecule has 5 rings (SSSR count). The molecule has 0 fully saturated rings. The summed E-state index contributed by atoms with van der Waals surface area (Å²) in [6.45, 7) is 7.87. The second kappa shape index (κ2) is 13.7. The van der Waals surface area contributed by atoms with Crippen molar-refractivity contribution in [3.05, 3.63) is 119 Å². The van der Waals surface area contributed by atoms with Crippen LogP contribution in [0.15, 0.2) is 92.3 Å². The van der Waals surface area contributed by atoms with Gasteiger partial charge < -0.3 is 18.9 Å². The molecule has 0 N–H and O–H groups in total. The van der Waals surface area contributed by atoms with E-state index >= 15 is 0 Å². The number of methoxy groups -OCH3 is 1. The summed E-state index contributed by atoms with van der Waals surface area (Å²) < 4.78 is 26.2. The summed E-state index contributed by atoms with van der Waals surface area (Å²) in [5, 5.41) is 0. The zero-order chi connectivity index (χ0) is 31.4. The highest BCUT2D eigenvalue weighted by atomic mass is 79.9. The SMILES string of the molecule is CCOC(=O)C1=C(C)N=c2s/c(=C\c3cc(Br)cc(OC)c3OCc3ccccc3)c(=O)n2[C@H]1c1ccccc1OC(C)C. The average Bonchev–Trinajstić information content (AvgIpc) is 3.30. The highest BCUT2D eigenvalue weighted by Crippen LogP contribution is 2.37. The lowest BCUT2D eigenvalue weighted by Crippen LogP contribution is -2.40. The fourth-order valence-corrected chi connectivity index (χ4v) is 6.52. The number of esters is 1. The smallest absolute Gasteiger partial charge is 0.338 e. The van der Waals surface area contributed by atoms with E-state index in [4.69, 9.17) is 23.9 Å². The zero-order valence-corrected chi connectivity index (χ0v) is 27.5. The largest absolute Gasteiger partial charge is 0.493 e. The van der Waals surface area contributed by atoms with E-state index in [-0.39, 0.29) is 18.3 Å². The van der Waals surface area contributed by atoms with Crippen molar-refractivity contribution in [2.75, 3.05) is 13.7 Å². The molecule has 44 heavy (non-hydrogen) atoms. The Labute approximate surface area is 268 Å². The predicted molar refractivity (Wildman–Crippen MR) is 174 cm³/mol. The van der Waals surface area contributed by atoms with Gasteiger partial charge in [-0.2, -0.15) is 0 Å². The van der Waals surface area contributed by atoms with E-state index in [1.54, 1.807) is 31.6 Å². The van der Waals surface area contributed by atoms with Crippen LogP contribution in [-0.2, 0) is 16.1 Å². The molecular formula is C34H33BrN2O6S. The van der Waals surface area contributed by atoms with Gasteiger partial charge in [-0.15, -0.1) is 0 Å². The number of benzene rings is 3. The number of fused-ring (bicyclic) bond motifs is 1. The number of allylic oxidation sites excluding steroid dienone is 1. The molecule has 0 spiro atoms. The standard InChI is InChI=1S/C34H33BrN2O6S/c1-6-41-33(39)29-21(4)36-34-37(30(29)25-14-10-11-15-26(25)43-20(2)3)32(38)28(44-34)17-23-16-24(35)18-27(40-5)31(23)42-19-22-12-8-7-9-13-22/h7-18,20,30H,6,19H2,1-5H3/b28-17-/t30-/m0/s1. The molecule has 1 aliphatic heterocycles. The van der Waals surface area contributed by atoms with Crippen molar-refractivity contribution in [1.29, 1.82) is 0 Å². The first kappa shape index (κ1) is 31.3. The quantitative estimate of drug-likeness (QED) is 0.193. The van der Waals surface area contributed by atoms with Crippen LogP contribution in [0.1, 0.15) is 50.4 Å². The van der Waals surface area contributed by atoms with Gasteiger partial charge in [-0.25, -0.2) is 9.79 Å². The van der Waals surface area contributed by atoms with Gasteiger partial charge in [0.25, 0.3) is 5.56 Å². The van der Waals surface area contributed by atoms with Gasteiger partial charge in [0, 0.05) is 15.6 Å². The van der Waals surface area contributed by atoms with Crippen molar-refractivity contribution in [3.63, 3.8) is 0 Å². The monoisotopic (exact) mass is 676 g/mol. The molecule has 0 aliphatic carbocycles. The fraction of sp³-hybridized carbons (Fsp3) is 0.265. The molecule has 1 aliphatic rings. The normalized spacial score (nSPS) is 14.7. The molecule has 0 bridgehead atoms. The van der Waals surface area contributed by atoms with Gasteiger partial charge in [-0.3, -0.25) is 9.36 Å². The Kier molecular flexibility index (Phi) is 9.71. The fourth-order valence-electron chi connectivity index (χ4n) is 5.03. The van der Waals surface area contributed by atoms with Crippen molar-refractivity contribution in [2.24, 2.45) is 4.99 Å². The van der Waals surface area contributed by atoms with Crippen molar-refractivity contribution in [1.82, 2.24) is 4.57 Å². The maximum atomic E-state index is 14.3. The predicted octanol–water partition coefficient (Wildman–Crippen LogP) is 5.94. The van der Waals surface area contributed by atoms with Crippen molar-refractivity contribution < 1.29 is 23.7 Å². The molecular weight excluding hydrogens is 644 g/mol. The first-order valence-electron chi connectivity index (χ1n) is 14.2. The van der Waals surface area contributed by atoms with E-state index in [2.05, 4.69) is 15.9 Å². The molecule has 0 unspecified atom stereocenters. The van der Waals surface area contributed by atoms with Crippen LogP contribution in [-0.4, -0.2) is 30.4 Å². The Morgan fingerprint density at radius 1 is 1.09 bits per heavy atom. The molecule has 1 atom stereocenters. The first-order valence-corrected chi connectivity index (χ1v) is 15.8. The molecule has 10 heteroatoms. The molecule has 1 aromatic heterocycles. The number of rotatable bonds is 10. The van der Waals surface area contributed by atoms with Crippen molar-refractivity contribution in [3.8, 4) is 17.2 Å². The summed E-state index contributed by atoms with van der Waals surface area (Å²) in [7, 11) is 1.57. The minimum atomic E-state index is -0.798. The summed E-state index contributed by atoms with van der Waals surface area (Å²) in [5.74, 6) is 1.07. The summed E-state index contributed by atoms with van der Waals surface area (Å²) in [4.78, 5) is 32.8. The number of nitrogens with zero attached hydrogens (tertiary/aromatic N) is 2. The van der Waals surface area contributed by atoms with Crippen LogP contribution in [0.2, 0.25) is 0 Å². The van der Waals surface area contributed by atoms with E-state index in [0.717, 1.165) is 10.0 Å². The van der Waals surface area contributed by atoms with Crippen molar-refractivity contribution in [2.45, 2.75) is 46.4 Å². The van der Waals surface area contributed by atoms with Gasteiger partial charge in [0.2, 0.25) is 0 Å². The van der Waals surface area contributed by atoms with Gasteiger partial charge >= 0.3 is 5.97 Å². The molecule has 0 amide bonds. The number of ether oxygens (including phenoxy) is 4. The molecule has 0 radical (unpaired) electrons. The van der Waals surface area contributed by atoms with E-state index in [1.807, 2.05) is 80.6 Å². The van der Waals surface area contributed by atoms with Gasteiger partial charge in [0.05, 0.1) is 35.6 Å². The van der Waals surface area contributed by atoms with Crippen LogP contribution in [0.4, 0.5) is 0 Å². The number of para-hydroxylation sites is 1. The number of hydrogen-bond acceptors (Lipinski definition) is 8. The zero-order valence-electron chi connectivity index (χ0n) is 25.1. The van der Waals surface area contributed by atoms with Crippen LogP contribution in [0.5, 0.6) is 17.2 Å². The van der Waals surface area contributed by atoms with Crippen LogP contribution in [0.25, 0.3) is 6.08 Å². The molecule has 0 saturated heterocycles. The summed E-state index contributed by atoms with van der Waals surface area (Å²) in [5.41, 5.74) is 2.78. The van der Waals surface area contributed by atoms with E-state index < -0.39 is 12.0 Å². The summed E-state index contributed by atoms with van der Waals surface area (Å²) >= 11 is 4.80. The Morgan fingerprint density at radius 2 is 1.82 bits per heavy atom. The lowest BCUT2D eigenvalue weighted by molar-refractivity contribution is -0.139. The maximum absolute atomic E-state index is 14.3. The molecule has 8 nitrogen and oxygen atoms in total. The van der Waals surface area contributed by atoms with Gasteiger partial charge in [-0.1, -0.05) is 75.8 Å². The van der Waals surface area contributed by atoms with Crippen LogP contribution in [0, 0.1) is 0 Å². The third kappa shape index (κ3) is 6.51. The second-order valence-electron chi connectivity index (χ2n) is 10.3. The van der Waals surface area contributed by atoms with Gasteiger partial charge in [0.1, 0.15) is 18.4 Å². The molecule has 228 valence electrons. The molecule has 3 aromatic carbocycles. The van der Waals surface area contributed by atoms with Crippen molar-refractivity contribution >= 4 is 39.3 Å². The highest BCUT2D eigenvalue weighted by molar-refractivity contribution is 9.10.